The number of ether oxygens (including phenoxy) is 5. The van der Waals surface area contributed by atoms with Gasteiger partial charge in [-0.2, -0.15) is 0 Å². The highest BCUT2D eigenvalue weighted by molar-refractivity contribution is 5.93. The molecule has 1 heterocycles. The third-order valence-corrected chi connectivity index (χ3v) is 4.71. The van der Waals surface area contributed by atoms with Gasteiger partial charge in [0.25, 0.3) is 0 Å². The summed E-state index contributed by atoms with van der Waals surface area (Å²) in [6.07, 6.45) is 0. The van der Waals surface area contributed by atoms with Crippen LogP contribution in [0.3, 0.4) is 0 Å². The molecule has 4 rings (SSSR count). The third kappa shape index (κ3) is 2.83. The molecule has 0 radical (unpaired) electrons. The molecule has 1 N–H and O–H groups in total. The Hall–Kier alpha value is -3.54. The van der Waals surface area contributed by atoms with Crippen molar-refractivity contribution in [3.05, 3.63) is 48.5 Å². The number of phenolic OH excluding ortho intramolecular Hbond substituents is 1. The van der Waals surface area contributed by atoms with Crippen LogP contribution in [0, 0.1) is 0 Å². The van der Waals surface area contributed by atoms with Gasteiger partial charge in [0.15, 0.2) is 11.5 Å². The fourth-order valence-corrected chi connectivity index (χ4v) is 3.33. The molecule has 0 amide bonds. The first kappa shape index (κ1) is 17.9. The van der Waals surface area contributed by atoms with Gasteiger partial charge in [-0.15, -0.1) is 0 Å². The number of rotatable bonds is 5. The quantitative estimate of drug-likeness (QED) is 0.704. The van der Waals surface area contributed by atoms with E-state index >= 15 is 0 Å². The number of benzene rings is 3. The van der Waals surface area contributed by atoms with E-state index in [9.17, 15) is 5.11 Å². The molecule has 144 valence electrons. The van der Waals surface area contributed by atoms with Crippen molar-refractivity contribution >= 4 is 0 Å². The van der Waals surface area contributed by atoms with E-state index in [0.29, 0.717) is 28.4 Å². The molecule has 0 bridgehead atoms. The summed E-state index contributed by atoms with van der Waals surface area (Å²) in [6, 6.07) is 14.7. The Morgan fingerprint density at radius 2 is 1.18 bits per heavy atom. The van der Waals surface area contributed by atoms with Crippen molar-refractivity contribution in [1.29, 1.82) is 0 Å². The molecule has 0 saturated heterocycles. The summed E-state index contributed by atoms with van der Waals surface area (Å²) in [5.41, 5.74) is 2.61. The molecule has 0 saturated carbocycles. The van der Waals surface area contributed by atoms with E-state index < -0.39 is 0 Å². The first-order valence-electron chi connectivity index (χ1n) is 8.69. The number of aromatic hydroxyl groups is 1. The largest absolute Gasteiger partial charge is 0.506 e. The summed E-state index contributed by atoms with van der Waals surface area (Å²) in [5, 5.41) is 11.2. The Morgan fingerprint density at radius 1 is 0.679 bits per heavy atom. The number of fused-ring (bicyclic) bond motifs is 1. The van der Waals surface area contributed by atoms with E-state index in [1.165, 1.54) is 7.11 Å². The van der Waals surface area contributed by atoms with E-state index in [2.05, 4.69) is 0 Å². The molecule has 3 aromatic rings. The van der Waals surface area contributed by atoms with Gasteiger partial charge in [0, 0.05) is 0 Å². The third-order valence-electron chi connectivity index (χ3n) is 4.71. The molecule has 6 nitrogen and oxygen atoms in total. The van der Waals surface area contributed by atoms with Gasteiger partial charge in [0.2, 0.25) is 12.5 Å². The lowest BCUT2D eigenvalue weighted by atomic mass is 9.94. The van der Waals surface area contributed by atoms with Gasteiger partial charge in [-0.3, -0.25) is 0 Å². The standard InChI is InChI=1S/C22H20O6/c1-24-15-8-4-13(5-9-15)17-19(23)18(14-6-10-16(25-2)11-7-14)21-22(20(17)26-3)28-12-27-21/h4-11,23H,12H2,1-3H3. The molecule has 3 aromatic carbocycles. The highest BCUT2D eigenvalue weighted by atomic mass is 16.7. The minimum absolute atomic E-state index is 0.0523. The van der Waals surface area contributed by atoms with E-state index in [0.717, 1.165) is 22.6 Å². The van der Waals surface area contributed by atoms with Crippen LogP contribution in [-0.4, -0.2) is 33.2 Å². The van der Waals surface area contributed by atoms with Gasteiger partial charge >= 0.3 is 0 Å². The zero-order valence-electron chi connectivity index (χ0n) is 15.8. The van der Waals surface area contributed by atoms with Crippen LogP contribution in [-0.2, 0) is 0 Å². The zero-order valence-corrected chi connectivity index (χ0v) is 15.8. The van der Waals surface area contributed by atoms with Crippen LogP contribution in [0.15, 0.2) is 48.5 Å². The highest BCUT2D eigenvalue weighted by Gasteiger charge is 2.32. The number of hydrogen-bond acceptors (Lipinski definition) is 6. The molecular weight excluding hydrogens is 360 g/mol. The van der Waals surface area contributed by atoms with E-state index in [-0.39, 0.29) is 12.5 Å². The summed E-state index contributed by atoms with van der Waals surface area (Å²) in [4.78, 5) is 0. The minimum Gasteiger partial charge on any atom is -0.506 e. The first-order valence-corrected chi connectivity index (χ1v) is 8.69. The van der Waals surface area contributed by atoms with Crippen molar-refractivity contribution in [2.24, 2.45) is 0 Å². The molecule has 0 spiro atoms. The maximum absolute atomic E-state index is 11.2. The fourth-order valence-electron chi connectivity index (χ4n) is 3.33. The minimum atomic E-state index is 0.0523. The Labute approximate surface area is 162 Å². The van der Waals surface area contributed by atoms with E-state index in [1.54, 1.807) is 14.2 Å². The van der Waals surface area contributed by atoms with Gasteiger partial charge in [-0.25, -0.2) is 0 Å². The van der Waals surface area contributed by atoms with E-state index in [1.807, 2.05) is 48.5 Å². The monoisotopic (exact) mass is 380 g/mol. The topological polar surface area (TPSA) is 66.4 Å². The SMILES string of the molecule is COc1ccc(-c2c(O)c(-c3ccc(OC)cc3)c3c(c2OC)OCO3)cc1. The average molecular weight is 380 g/mol. The van der Waals surface area contributed by atoms with E-state index in [4.69, 9.17) is 23.7 Å². The molecule has 0 aliphatic carbocycles. The Morgan fingerprint density at radius 3 is 1.68 bits per heavy atom. The van der Waals surface area contributed by atoms with Gasteiger partial charge in [-0.05, 0) is 35.4 Å². The van der Waals surface area contributed by atoms with Crippen molar-refractivity contribution in [2.75, 3.05) is 28.1 Å². The molecule has 0 unspecified atom stereocenters. The van der Waals surface area contributed by atoms with Gasteiger partial charge in [0.05, 0.1) is 32.5 Å². The predicted molar refractivity (Wildman–Crippen MR) is 105 cm³/mol. The molecule has 0 atom stereocenters. The summed E-state index contributed by atoms with van der Waals surface area (Å²) in [5.74, 6) is 2.84. The summed E-state index contributed by atoms with van der Waals surface area (Å²) < 4.78 is 27.4. The van der Waals surface area contributed by atoms with Crippen molar-refractivity contribution in [3.63, 3.8) is 0 Å². The maximum Gasteiger partial charge on any atom is 0.231 e. The summed E-state index contributed by atoms with van der Waals surface area (Å²) in [7, 11) is 4.75. The fraction of sp³-hybridized carbons (Fsp3) is 0.182. The normalized spacial score (nSPS) is 12.0. The van der Waals surface area contributed by atoms with Crippen molar-refractivity contribution < 1.29 is 28.8 Å². The number of phenols is 1. The van der Waals surface area contributed by atoms with Crippen LogP contribution in [0.1, 0.15) is 0 Å². The zero-order chi connectivity index (χ0) is 19.7. The van der Waals surface area contributed by atoms with Gasteiger partial charge in [-0.1, -0.05) is 24.3 Å². The van der Waals surface area contributed by atoms with Crippen LogP contribution >= 0.6 is 0 Å². The van der Waals surface area contributed by atoms with Crippen LogP contribution in [0.25, 0.3) is 22.3 Å². The van der Waals surface area contributed by atoms with Crippen molar-refractivity contribution in [3.8, 4) is 56.8 Å². The highest BCUT2D eigenvalue weighted by Crippen LogP contribution is 2.58. The Kier molecular flexibility index (Phi) is 4.61. The number of hydrogen-bond donors (Lipinski definition) is 1. The van der Waals surface area contributed by atoms with Crippen molar-refractivity contribution in [2.45, 2.75) is 0 Å². The summed E-state index contributed by atoms with van der Waals surface area (Å²) in [6.45, 7) is 0.0559. The molecule has 0 fully saturated rings. The second-order valence-corrected chi connectivity index (χ2v) is 6.15. The van der Waals surface area contributed by atoms with Crippen LogP contribution in [0.4, 0.5) is 0 Å². The first-order chi connectivity index (χ1) is 13.7. The van der Waals surface area contributed by atoms with Gasteiger partial charge < -0.3 is 28.8 Å². The predicted octanol–water partition coefficient (Wildman–Crippen LogP) is 4.48. The lowest BCUT2D eigenvalue weighted by Gasteiger charge is -2.18. The Bertz CT molecular complexity index is 993. The molecule has 6 heteroatoms. The maximum atomic E-state index is 11.2. The molecule has 28 heavy (non-hydrogen) atoms. The average Bonchev–Trinajstić information content (AvgIpc) is 3.22. The molecule has 1 aliphatic rings. The summed E-state index contributed by atoms with van der Waals surface area (Å²) >= 11 is 0. The smallest absolute Gasteiger partial charge is 0.231 e. The Balaban J connectivity index is 1.97. The molecule has 1 aliphatic heterocycles. The molecular formula is C22H20O6. The van der Waals surface area contributed by atoms with Crippen LogP contribution in [0.5, 0.6) is 34.5 Å². The van der Waals surface area contributed by atoms with Gasteiger partial charge in [0.1, 0.15) is 17.2 Å². The molecule has 0 aromatic heterocycles. The van der Waals surface area contributed by atoms with Crippen LogP contribution in [0.2, 0.25) is 0 Å². The second-order valence-electron chi connectivity index (χ2n) is 6.15. The second kappa shape index (κ2) is 7.23. The van der Waals surface area contributed by atoms with Crippen molar-refractivity contribution in [1.82, 2.24) is 0 Å². The lowest BCUT2D eigenvalue weighted by Crippen LogP contribution is -1.95. The van der Waals surface area contributed by atoms with Crippen LogP contribution < -0.4 is 23.7 Å². The number of methoxy groups -OCH3 is 3. The lowest BCUT2D eigenvalue weighted by molar-refractivity contribution is 0.171.